The Hall–Kier alpha value is -1.68. The summed E-state index contributed by atoms with van der Waals surface area (Å²) in [6.45, 7) is 1.95. The van der Waals surface area contributed by atoms with Crippen LogP contribution in [-0.2, 0) is 6.42 Å². The van der Waals surface area contributed by atoms with Gasteiger partial charge in [0.15, 0.2) is 0 Å². The van der Waals surface area contributed by atoms with Crippen molar-refractivity contribution < 1.29 is 4.74 Å². The van der Waals surface area contributed by atoms with Crippen molar-refractivity contribution >= 4 is 10.9 Å². The lowest BCUT2D eigenvalue weighted by Gasteiger charge is -2.05. The van der Waals surface area contributed by atoms with Crippen molar-refractivity contribution in [2.24, 2.45) is 5.73 Å². The molecule has 0 saturated carbocycles. The zero-order valence-electron chi connectivity index (χ0n) is 9.47. The van der Waals surface area contributed by atoms with Crippen molar-refractivity contribution in [2.45, 2.75) is 19.4 Å². The van der Waals surface area contributed by atoms with Crippen LogP contribution in [0.4, 0.5) is 0 Å². The molecule has 2 N–H and O–H groups in total. The van der Waals surface area contributed by atoms with Gasteiger partial charge < -0.3 is 10.5 Å². The number of methoxy groups -OCH3 is 1. The first-order chi connectivity index (χ1) is 7.69. The van der Waals surface area contributed by atoms with E-state index in [1.54, 1.807) is 7.11 Å². The van der Waals surface area contributed by atoms with Crippen LogP contribution in [-0.4, -0.2) is 23.1 Å². The van der Waals surface area contributed by atoms with Crippen LogP contribution in [0.5, 0.6) is 5.75 Å². The van der Waals surface area contributed by atoms with Gasteiger partial charge in [-0.3, -0.25) is 0 Å². The van der Waals surface area contributed by atoms with E-state index in [4.69, 9.17) is 10.5 Å². The maximum Gasteiger partial charge on any atom is 0.130 e. The first-order valence-corrected chi connectivity index (χ1v) is 5.24. The van der Waals surface area contributed by atoms with Crippen molar-refractivity contribution in [3.05, 3.63) is 30.2 Å². The smallest absolute Gasteiger partial charge is 0.130 e. The Morgan fingerprint density at radius 3 is 2.94 bits per heavy atom. The second kappa shape index (κ2) is 4.45. The van der Waals surface area contributed by atoms with E-state index < -0.39 is 0 Å². The first kappa shape index (κ1) is 10.8. The Morgan fingerprint density at radius 1 is 1.44 bits per heavy atom. The van der Waals surface area contributed by atoms with E-state index in [0.29, 0.717) is 6.42 Å². The van der Waals surface area contributed by atoms with Gasteiger partial charge >= 0.3 is 0 Å². The molecule has 1 aromatic carbocycles. The summed E-state index contributed by atoms with van der Waals surface area (Å²) in [5, 5.41) is 0.979. The van der Waals surface area contributed by atoms with Gasteiger partial charge in [0, 0.05) is 24.0 Å². The second-order valence-corrected chi connectivity index (χ2v) is 3.89. The number of hydrogen-bond acceptors (Lipinski definition) is 4. The molecule has 0 aliphatic carbocycles. The van der Waals surface area contributed by atoms with Gasteiger partial charge in [-0.15, -0.1) is 0 Å². The van der Waals surface area contributed by atoms with E-state index >= 15 is 0 Å². The van der Waals surface area contributed by atoms with Crippen molar-refractivity contribution in [1.29, 1.82) is 0 Å². The molecular weight excluding hydrogens is 202 g/mol. The number of hydrogen-bond donors (Lipinski definition) is 1. The Labute approximate surface area is 94.5 Å². The minimum atomic E-state index is 0.0794. The van der Waals surface area contributed by atoms with Crippen LogP contribution in [0.1, 0.15) is 12.7 Å². The summed E-state index contributed by atoms with van der Waals surface area (Å²) >= 11 is 0. The topological polar surface area (TPSA) is 61.0 Å². The molecule has 4 heteroatoms. The molecule has 0 fully saturated rings. The highest BCUT2D eigenvalue weighted by atomic mass is 16.5. The summed E-state index contributed by atoms with van der Waals surface area (Å²) in [5.41, 5.74) is 6.64. The summed E-state index contributed by atoms with van der Waals surface area (Å²) < 4.78 is 5.14. The van der Waals surface area contributed by atoms with E-state index in [1.165, 1.54) is 0 Å². The average Bonchev–Trinajstić information content (AvgIpc) is 2.27. The molecule has 0 bridgehead atoms. The fourth-order valence-corrected chi connectivity index (χ4v) is 1.56. The quantitative estimate of drug-likeness (QED) is 0.847. The molecule has 0 saturated heterocycles. The van der Waals surface area contributed by atoms with Crippen molar-refractivity contribution in [2.75, 3.05) is 7.11 Å². The minimum absolute atomic E-state index is 0.0794. The van der Waals surface area contributed by atoms with Gasteiger partial charge in [-0.05, 0) is 25.1 Å². The van der Waals surface area contributed by atoms with E-state index in [-0.39, 0.29) is 6.04 Å². The van der Waals surface area contributed by atoms with Gasteiger partial charge in [-0.2, -0.15) is 0 Å². The van der Waals surface area contributed by atoms with Gasteiger partial charge in [0.2, 0.25) is 0 Å². The molecule has 16 heavy (non-hydrogen) atoms. The van der Waals surface area contributed by atoms with Crippen LogP contribution in [0.15, 0.2) is 24.4 Å². The fourth-order valence-electron chi connectivity index (χ4n) is 1.56. The van der Waals surface area contributed by atoms with Gasteiger partial charge in [0.1, 0.15) is 11.6 Å². The Bertz CT molecular complexity index is 497. The molecule has 1 aromatic heterocycles. The molecule has 84 valence electrons. The van der Waals surface area contributed by atoms with E-state index in [0.717, 1.165) is 22.5 Å². The van der Waals surface area contributed by atoms with Crippen molar-refractivity contribution in [3.8, 4) is 5.75 Å². The standard InChI is InChI=1S/C12H15N3O/c1-8(13)5-12-14-7-9-6-10(16-2)3-4-11(9)15-12/h3-4,6-8H,5,13H2,1-2H3. The van der Waals surface area contributed by atoms with Crippen molar-refractivity contribution in [3.63, 3.8) is 0 Å². The zero-order chi connectivity index (χ0) is 11.5. The van der Waals surface area contributed by atoms with E-state index in [9.17, 15) is 0 Å². The number of nitrogens with two attached hydrogens (primary N) is 1. The third-order valence-electron chi connectivity index (χ3n) is 2.34. The number of ether oxygens (including phenoxy) is 1. The third-order valence-corrected chi connectivity index (χ3v) is 2.34. The largest absolute Gasteiger partial charge is 0.497 e. The highest BCUT2D eigenvalue weighted by Gasteiger charge is 2.03. The maximum absolute atomic E-state index is 5.71. The van der Waals surface area contributed by atoms with Gasteiger partial charge in [0.05, 0.1) is 12.6 Å². The Morgan fingerprint density at radius 2 is 2.25 bits per heavy atom. The molecule has 0 aliphatic heterocycles. The predicted molar refractivity (Wildman–Crippen MR) is 63.4 cm³/mol. The monoisotopic (exact) mass is 217 g/mol. The molecule has 0 aliphatic rings. The van der Waals surface area contributed by atoms with Crippen LogP contribution in [0.3, 0.4) is 0 Å². The van der Waals surface area contributed by atoms with Crippen LogP contribution in [0, 0.1) is 0 Å². The maximum atomic E-state index is 5.71. The highest BCUT2D eigenvalue weighted by Crippen LogP contribution is 2.18. The Kier molecular flexibility index (Phi) is 3.01. The first-order valence-electron chi connectivity index (χ1n) is 5.24. The fraction of sp³-hybridized carbons (Fsp3) is 0.333. The lowest BCUT2D eigenvalue weighted by atomic mass is 10.2. The second-order valence-electron chi connectivity index (χ2n) is 3.89. The molecule has 1 heterocycles. The van der Waals surface area contributed by atoms with Crippen LogP contribution < -0.4 is 10.5 Å². The molecule has 2 rings (SSSR count). The molecule has 4 nitrogen and oxygen atoms in total. The highest BCUT2D eigenvalue weighted by molar-refractivity contribution is 5.79. The summed E-state index contributed by atoms with van der Waals surface area (Å²) in [6.07, 6.45) is 2.50. The molecule has 0 amide bonds. The zero-order valence-corrected chi connectivity index (χ0v) is 9.47. The van der Waals surface area contributed by atoms with Crippen LogP contribution in [0.2, 0.25) is 0 Å². The van der Waals surface area contributed by atoms with Crippen LogP contribution in [0.25, 0.3) is 10.9 Å². The predicted octanol–water partition coefficient (Wildman–Crippen LogP) is 1.53. The summed E-state index contributed by atoms with van der Waals surface area (Å²) in [6, 6.07) is 5.83. The Balaban J connectivity index is 2.39. The number of fused-ring (bicyclic) bond motifs is 1. The van der Waals surface area contributed by atoms with E-state index in [1.807, 2.05) is 31.3 Å². The van der Waals surface area contributed by atoms with Gasteiger partial charge in [-0.1, -0.05) is 0 Å². The normalized spacial score (nSPS) is 12.7. The summed E-state index contributed by atoms with van der Waals surface area (Å²) in [5.74, 6) is 1.60. The molecule has 2 aromatic rings. The molecule has 0 radical (unpaired) electrons. The van der Waals surface area contributed by atoms with Crippen LogP contribution >= 0.6 is 0 Å². The average molecular weight is 217 g/mol. The lowest BCUT2D eigenvalue weighted by Crippen LogP contribution is -2.19. The lowest BCUT2D eigenvalue weighted by molar-refractivity contribution is 0.415. The molecule has 1 unspecified atom stereocenters. The van der Waals surface area contributed by atoms with Crippen molar-refractivity contribution in [1.82, 2.24) is 9.97 Å². The third kappa shape index (κ3) is 2.28. The SMILES string of the molecule is COc1ccc2nc(CC(C)N)ncc2c1. The number of nitrogens with zero attached hydrogens (tertiary/aromatic N) is 2. The minimum Gasteiger partial charge on any atom is -0.497 e. The molecule has 1 atom stereocenters. The number of benzene rings is 1. The number of rotatable bonds is 3. The summed E-state index contributed by atoms with van der Waals surface area (Å²) in [7, 11) is 1.65. The summed E-state index contributed by atoms with van der Waals surface area (Å²) in [4.78, 5) is 8.72. The van der Waals surface area contributed by atoms with Gasteiger partial charge in [0.25, 0.3) is 0 Å². The van der Waals surface area contributed by atoms with E-state index in [2.05, 4.69) is 9.97 Å². The molecular formula is C12H15N3O. The number of aromatic nitrogens is 2. The van der Waals surface area contributed by atoms with Gasteiger partial charge in [-0.25, -0.2) is 9.97 Å². The molecule has 0 spiro atoms.